The van der Waals surface area contributed by atoms with Gasteiger partial charge in [0.15, 0.2) is 5.15 Å². The van der Waals surface area contributed by atoms with Gasteiger partial charge in [0.25, 0.3) is 0 Å². The predicted molar refractivity (Wildman–Crippen MR) is 91.4 cm³/mol. The number of rotatable bonds is 7. The van der Waals surface area contributed by atoms with Crippen molar-refractivity contribution in [1.29, 1.82) is 0 Å². The molecule has 3 rings (SSSR count). The van der Waals surface area contributed by atoms with E-state index in [1.165, 1.54) is 0 Å². The third-order valence-electron chi connectivity index (χ3n) is 3.82. The van der Waals surface area contributed by atoms with E-state index in [0.29, 0.717) is 30.3 Å². The number of carbonyl (C=O) groups is 1. The molecule has 24 heavy (non-hydrogen) atoms. The number of benzene rings is 1. The molecule has 0 saturated heterocycles. The van der Waals surface area contributed by atoms with Crippen molar-refractivity contribution in [3.63, 3.8) is 0 Å². The Balaban J connectivity index is 1.50. The molecule has 0 fully saturated rings. The van der Waals surface area contributed by atoms with E-state index in [1.54, 1.807) is 13.2 Å². The molecule has 126 valence electrons. The lowest BCUT2D eigenvalue weighted by molar-refractivity contribution is -0.121. The van der Waals surface area contributed by atoms with E-state index in [9.17, 15) is 4.79 Å². The summed E-state index contributed by atoms with van der Waals surface area (Å²) >= 11 is 5.67. The van der Waals surface area contributed by atoms with Crippen molar-refractivity contribution in [3.05, 3.63) is 46.9 Å². The standard InChI is InChI=1S/C17H18ClN3O3/c1-23-12-2-4-15-14(8-12)11(10-20-15)6-7-19-17(22)5-3-13-9-16(18)21-24-13/h2,4,8-10,20H,3,5-7H2,1H3,(H,19,22). The summed E-state index contributed by atoms with van der Waals surface area (Å²) in [4.78, 5) is 15.1. The quantitative estimate of drug-likeness (QED) is 0.688. The van der Waals surface area contributed by atoms with Crippen LogP contribution < -0.4 is 10.1 Å². The van der Waals surface area contributed by atoms with E-state index in [1.807, 2.05) is 24.4 Å². The van der Waals surface area contributed by atoms with Crippen LogP contribution in [-0.2, 0) is 17.6 Å². The minimum atomic E-state index is -0.0278. The van der Waals surface area contributed by atoms with Gasteiger partial charge >= 0.3 is 0 Å². The lowest BCUT2D eigenvalue weighted by Gasteiger charge is -2.05. The van der Waals surface area contributed by atoms with Crippen LogP contribution in [0, 0.1) is 0 Å². The van der Waals surface area contributed by atoms with Gasteiger partial charge < -0.3 is 19.6 Å². The van der Waals surface area contributed by atoms with Crippen molar-refractivity contribution < 1.29 is 14.1 Å². The zero-order valence-electron chi connectivity index (χ0n) is 13.3. The van der Waals surface area contributed by atoms with Gasteiger partial charge in [-0.15, -0.1) is 0 Å². The molecule has 0 aliphatic rings. The fourth-order valence-corrected chi connectivity index (χ4v) is 2.71. The molecule has 0 aliphatic heterocycles. The van der Waals surface area contributed by atoms with Gasteiger partial charge in [-0.1, -0.05) is 16.8 Å². The van der Waals surface area contributed by atoms with Crippen molar-refractivity contribution in [2.75, 3.05) is 13.7 Å². The number of nitrogens with zero attached hydrogens (tertiary/aromatic N) is 1. The van der Waals surface area contributed by atoms with Crippen LogP contribution in [-0.4, -0.2) is 29.7 Å². The number of amides is 1. The molecule has 1 aromatic carbocycles. The second-order valence-electron chi connectivity index (χ2n) is 5.44. The van der Waals surface area contributed by atoms with Crippen LogP contribution in [0.4, 0.5) is 0 Å². The normalized spacial score (nSPS) is 10.9. The van der Waals surface area contributed by atoms with Crippen LogP contribution in [0.15, 0.2) is 35.0 Å². The van der Waals surface area contributed by atoms with Crippen molar-refractivity contribution in [3.8, 4) is 5.75 Å². The SMILES string of the molecule is COc1ccc2[nH]cc(CCNC(=O)CCc3cc(Cl)no3)c2c1. The molecule has 0 aliphatic carbocycles. The molecule has 0 atom stereocenters. The molecule has 0 radical (unpaired) electrons. The van der Waals surface area contributed by atoms with Crippen LogP contribution in [0.1, 0.15) is 17.7 Å². The maximum Gasteiger partial charge on any atom is 0.220 e. The third kappa shape index (κ3) is 3.89. The minimum absolute atomic E-state index is 0.0278. The van der Waals surface area contributed by atoms with Crippen LogP contribution in [0.5, 0.6) is 5.75 Å². The number of methoxy groups -OCH3 is 1. The molecule has 0 unspecified atom stereocenters. The maximum absolute atomic E-state index is 11.9. The van der Waals surface area contributed by atoms with Gasteiger partial charge in [-0.3, -0.25) is 4.79 Å². The topological polar surface area (TPSA) is 80.1 Å². The average Bonchev–Trinajstić information content (AvgIpc) is 3.19. The summed E-state index contributed by atoms with van der Waals surface area (Å²) in [6.07, 6.45) is 3.53. The van der Waals surface area contributed by atoms with E-state index >= 15 is 0 Å². The number of hydrogen-bond donors (Lipinski definition) is 2. The summed E-state index contributed by atoms with van der Waals surface area (Å²) in [5, 5.41) is 7.91. The van der Waals surface area contributed by atoms with Crippen LogP contribution >= 0.6 is 11.6 Å². The number of carbonyl (C=O) groups excluding carboxylic acids is 1. The fraction of sp³-hybridized carbons (Fsp3) is 0.294. The Morgan fingerprint density at radius 3 is 3.00 bits per heavy atom. The van der Waals surface area contributed by atoms with Gasteiger partial charge in [-0.25, -0.2) is 0 Å². The molecule has 3 aromatic rings. The van der Waals surface area contributed by atoms with Gasteiger partial charge in [-0.2, -0.15) is 0 Å². The van der Waals surface area contributed by atoms with Crippen molar-refractivity contribution in [1.82, 2.24) is 15.5 Å². The minimum Gasteiger partial charge on any atom is -0.497 e. The van der Waals surface area contributed by atoms with Crippen molar-refractivity contribution in [2.45, 2.75) is 19.3 Å². The number of hydrogen-bond acceptors (Lipinski definition) is 4. The largest absolute Gasteiger partial charge is 0.497 e. The first-order chi connectivity index (χ1) is 11.7. The third-order valence-corrected chi connectivity index (χ3v) is 4.00. The number of halogens is 1. The molecule has 0 spiro atoms. The smallest absolute Gasteiger partial charge is 0.220 e. The summed E-state index contributed by atoms with van der Waals surface area (Å²) < 4.78 is 10.2. The Morgan fingerprint density at radius 2 is 2.25 bits per heavy atom. The van der Waals surface area contributed by atoms with Gasteiger partial charge in [-0.05, 0) is 30.2 Å². The highest BCUT2D eigenvalue weighted by molar-refractivity contribution is 6.29. The summed E-state index contributed by atoms with van der Waals surface area (Å²) in [6.45, 7) is 0.570. The number of aromatic nitrogens is 2. The highest BCUT2D eigenvalue weighted by Crippen LogP contribution is 2.23. The zero-order valence-corrected chi connectivity index (χ0v) is 14.0. The van der Waals surface area contributed by atoms with E-state index in [4.69, 9.17) is 20.9 Å². The Morgan fingerprint density at radius 1 is 1.38 bits per heavy atom. The Kier molecular flexibility index (Phi) is 5.05. The van der Waals surface area contributed by atoms with E-state index in [-0.39, 0.29) is 5.91 Å². The average molecular weight is 348 g/mol. The van der Waals surface area contributed by atoms with Gasteiger partial charge in [0.2, 0.25) is 5.91 Å². The summed E-state index contributed by atoms with van der Waals surface area (Å²) in [6, 6.07) is 7.52. The van der Waals surface area contributed by atoms with Crippen LogP contribution in [0.2, 0.25) is 5.15 Å². The first kappa shape index (κ1) is 16.4. The van der Waals surface area contributed by atoms with Crippen LogP contribution in [0.3, 0.4) is 0 Å². The maximum atomic E-state index is 11.9. The molecule has 0 bridgehead atoms. The van der Waals surface area contributed by atoms with Crippen molar-refractivity contribution in [2.24, 2.45) is 0 Å². The monoisotopic (exact) mass is 347 g/mol. The first-order valence-electron chi connectivity index (χ1n) is 7.67. The number of nitrogens with one attached hydrogen (secondary N) is 2. The van der Waals surface area contributed by atoms with Crippen molar-refractivity contribution >= 4 is 28.4 Å². The molecular weight excluding hydrogens is 330 g/mol. The van der Waals surface area contributed by atoms with E-state index in [2.05, 4.69) is 15.5 Å². The highest BCUT2D eigenvalue weighted by atomic mass is 35.5. The molecule has 6 nitrogen and oxygen atoms in total. The van der Waals surface area contributed by atoms with Gasteiger partial charge in [0.1, 0.15) is 11.5 Å². The Labute approximate surface area is 144 Å². The summed E-state index contributed by atoms with van der Waals surface area (Å²) in [7, 11) is 1.65. The van der Waals surface area contributed by atoms with E-state index in [0.717, 1.165) is 28.6 Å². The van der Waals surface area contributed by atoms with Gasteiger partial charge in [0.05, 0.1) is 7.11 Å². The molecule has 2 aromatic heterocycles. The second kappa shape index (κ2) is 7.40. The first-order valence-corrected chi connectivity index (χ1v) is 8.05. The predicted octanol–water partition coefficient (Wildman–Crippen LogP) is 3.11. The molecular formula is C17H18ClN3O3. The summed E-state index contributed by atoms with van der Waals surface area (Å²) in [5.41, 5.74) is 2.20. The number of fused-ring (bicyclic) bond motifs is 1. The summed E-state index contributed by atoms with van der Waals surface area (Å²) in [5.74, 6) is 1.40. The molecule has 2 N–H and O–H groups in total. The Bertz CT molecular complexity index is 841. The lowest BCUT2D eigenvalue weighted by atomic mass is 10.1. The molecule has 0 saturated carbocycles. The number of aromatic amines is 1. The molecule has 7 heteroatoms. The lowest BCUT2D eigenvalue weighted by Crippen LogP contribution is -2.25. The number of aryl methyl sites for hydroxylation is 1. The molecule has 2 heterocycles. The van der Waals surface area contributed by atoms with E-state index < -0.39 is 0 Å². The Hall–Kier alpha value is -2.47. The highest BCUT2D eigenvalue weighted by Gasteiger charge is 2.08. The van der Waals surface area contributed by atoms with Crippen LogP contribution in [0.25, 0.3) is 10.9 Å². The zero-order chi connectivity index (χ0) is 16.9. The number of ether oxygens (including phenoxy) is 1. The number of H-pyrrole nitrogens is 1. The fourth-order valence-electron chi connectivity index (χ4n) is 2.56. The second-order valence-corrected chi connectivity index (χ2v) is 5.83. The molecule has 1 amide bonds. The van der Waals surface area contributed by atoms with Gasteiger partial charge in [0, 0.05) is 42.6 Å².